The van der Waals surface area contributed by atoms with Crippen LogP contribution in [0.25, 0.3) is 22.5 Å². The van der Waals surface area contributed by atoms with Crippen LogP contribution in [0.3, 0.4) is 0 Å². The third-order valence-electron chi connectivity index (χ3n) is 3.70. The first kappa shape index (κ1) is 15.1. The van der Waals surface area contributed by atoms with E-state index in [1.807, 2.05) is 25.3 Å². The Morgan fingerprint density at radius 1 is 1.21 bits per heavy atom. The predicted molar refractivity (Wildman–Crippen MR) is 93.2 cm³/mol. The zero-order chi connectivity index (χ0) is 16.8. The van der Waals surface area contributed by atoms with Crippen LogP contribution in [-0.4, -0.2) is 35.6 Å². The maximum absolute atomic E-state index is 12.8. The number of nitrogens with zero attached hydrogens (tertiary/aromatic N) is 6. The average molecular weight is 359 g/mol. The second-order valence-electron chi connectivity index (χ2n) is 5.17. The number of aryl methyl sites for hydroxylation is 1. The molecule has 0 saturated heterocycles. The highest BCUT2D eigenvalue weighted by Crippen LogP contribution is 2.19. The normalized spacial score (nSPS) is 11.5. The summed E-state index contributed by atoms with van der Waals surface area (Å²) in [6.07, 6.45) is 3.55. The molecular formula is C15H11ClN6OS. The van der Waals surface area contributed by atoms with E-state index >= 15 is 0 Å². The van der Waals surface area contributed by atoms with E-state index < -0.39 is 0 Å². The van der Waals surface area contributed by atoms with E-state index in [9.17, 15) is 4.79 Å². The number of thioether (sulfide) groups is 1. The molecule has 120 valence electrons. The lowest BCUT2D eigenvalue weighted by molar-refractivity contribution is 0.885. The Bertz CT molecular complexity index is 1150. The number of rotatable bonds is 2. The van der Waals surface area contributed by atoms with Gasteiger partial charge in [-0.2, -0.15) is 9.50 Å². The van der Waals surface area contributed by atoms with Crippen LogP contribution in [0.2, 0.25) is 5.02 Å². The van der Waals surface area contributed by atoms with Crippen LogP contribution in [0, 0.1) is 6.92 Å². The van der Waals surface area contributed by atoms with Crippen LogP contribution >= 0.6 is 23.4 Å². The van der Waals surface area contributed by atoms with Crippen LogP contribution in [-0.2, 0) is 0 Å². The maximum Gasteiger partial charge on any atom is 0.285 e. The van der Waals surface area contributed by atoms with Gasteiger partial charge in [0.05, 0.1) is 5.69 Å². The van der Waals surface area contributed by atoms with Crippen molar-refractivity contribution < 1.29 is 0 Å². The Kier molecular flexibility index (Phi) is 3.50. The van der Waals surface area contributed by atoms with Crippen molar-refractivity contribution in [2.24, 2.45) is 0 Å². The summed E-state index contributed by atoms with van der Waals surface area (Å²) in [5.41, 5.74) is 2.11. The molecule has 9 heteroatoms. The van der Waals surface area contributed by atoms with Gasteiger partial charge in [-0.25, -0.2) is 0 Å². The Hall–Kier alpha value is -2.45. The standard InChI is InChI=1S/C15H11ClN6OS/c1-8-3-4-9(7-10(8)16)21-6-5-11-12(13(21)23)18-19-14-17-15(24-2)20-22(11)14/h3-7H,1-2H3. The van der Waals surface area contributed by atoms with Crippen LogP contribution < -0.4 is 5.56 Å². The summed E-state index contributed by atoms with van der Waals surface area (Å²) in [6.45, 7) is 1.91. The highest BCUT2D eigenvalue weighted by atomic mass is 35.5. The summed E-state index contributed by atoms with van der Waals surface area (Å²) >= 11 is 7.56. The molecule has 0 aliphatic carbocycles. The van der Waals surface area contributed by atoms with Crippen molar-refractivity contribution in [3.05, 3.63) is 51.4 Å². The van der Waals surface area contributed by atoms with E-state index in [-0.39, 0.29) is 11.1 Å². The largest absolute Gasteiger partial charge is 0.285 e. The molecule has 0 N–H and O–H groups in total. The quantitative estimate of drug-likeness (QED) is 0.512. The highest BCUT2D eigenvalue weighted by Gasteiger charge is 2.13. The zero-order valence-corrected chi connectivity index (χ0v) is 14.3. The summed E-state index contributed by atoms with van der Waals surface area (Å²) in [7, 11) is 0. The summed E-state index contributed by atoms with van der Waals surface area (Å²) < 4.78 is 3.02. The van der Waals surface area contributed by atoms with E-state index in [1.54, 1.807) is 18.3 Å². The van der Waals surface area contributed by atoms with Crippen LogP contribution in [0.4, 0.5) is 0 Å². The van der Waals surface area contributed by atoms with Crippen molar-refractivity contribution in [2.75, 3.05) is 6.26 Å². The van der Waals surface area contributed by atoms with Gasteiger partial charge >= 0.3 is 0 Å². The van der Waals surface area contributed by atoms with Crippen LogP contribution in [0.15, 0.2) is 40.4 Å². The number of benzene rings is 1. The minimum atomic E-state index is -0.289. The molecule has 0 fully saturated rings. The highest BCUT2D eigenvalue weighted by molar-refractivity contribution is 7.98. The van der Waals surface area contributed by atoms with Gasteiger partial charge in [-0.3, -0.25) is 9.36 Å². The molecule has 0 aliphatic heterocycles. The topological polar surface area (TPSA) is 78.0 Å². The second kappa shape index (κ2) is 5.57. The number of fused-ring (bicyclic) bond motifs is 3. The summed E-state index contributed by atoms with van der Waals surface area (Å²) in [5, 5.41) is 13.5. The molecule has 0 aliphatic rings. The van der Waals surface area contributed by atoms with Gasteiger partial charge in [-0.05, 0) is 36.9 Å². The molecule has 0 atom stereocenters. The molecule has 3 heterocycles. The lowest BCUT2D eigenvalue weighted by Crippen LogP contribution is -2.20. The van der Waals surface area contributed by atoms with E-state index in [1.165, 1.54) is 20.8 Å². The first-order valence-corrected chi connectivity index (χ1v) is 8.64. The second-order valence-corrected chi connectivity index (χ2v) is 6.35. The van der Waals surface area contributed by atoms with Crippen molar-refractivity contribution in [1.82, 2.24) is 29.4 Å². The average Bonchev–Trinajstić information content (AvgIpc) is 3.01. The Balaban J connectivity index is 1.99. The smallest absolute Gasteiger partial charge is 0.282 e. The Labute approximate surface area is 145 Å². The molecule has 3 aromatic heterocycles. The molecular weight excluding hydrogens is 348 g/mol. The monoisotopic (exact) mass is 358 g/mol. The number of hydrogen-bond acceptors (Lipinski definition) is 6. The lowest BCUT2D eigenvalue weighted by Gasteiger charge is -2.08. The summed E-state index contributed by atoms with van der Waals surface area (Å²) in [6, 6.07) is 7.22. The molecule has 0 radical (unpaired) electrons. The molecule has 4 aromatic rings. The van der Waals surface area contributed by atoms with Crippen LogP contribution in [0.1, 0.15) is 5.56 Å². The zero-order valence-electron chi connectivity index (χ0n) is 12.8. The Morgan fingerprint density at radius 2 is 2.04 bits per heavy atom. The van der Waals surface area contributed by atoms with E-state index in [2.05, 4.69) is 20.3 Å². The van der Waals surface area contributed by atoms with Gasteiger partial charge in [0, 0.05) is 11.2 Å². The summed E-state index contributed by atoms with van der Waals surface area (Å²) in [5.74, 6) is 0.363. The lowest BCUT2D eigenvalue weighted by atomic mass is 10.2. The number of aromatic nitrogens is 6. The molecule has 7 nitrogen and oxygen atoms in total. The molecule has 0 bridgehead atoms. The van der Waals surface area contributed by atoms with Gasteiger partial charge in [0.2, 0.25) is 5.16 Å². The van der Waals surface area contributed by atoms with Crippen molar-refractivity contribution in [3.63, 3.8) is 0 Å². The van der Waals surface area contributed by atoms with Gasteiger partial charge in [0.1, 0.15) is 5.52 Å². The van der Waals surface area contributed by atoms with Crippen molar-refractivity contribution in [3.8, 4) is 5.69 Å². The van der Waals surface area contributed by atoms with Gasteiger partial charge in [-0.1, -0.05) is 29.4 Å². The Morgan fingerprint density at radius 3 is 2.79 bits per heavy atom. The molecule has 0 amide bonds. The minimum absolute atomic E-state index is 0.222. The molecule has 1 aromatic carbocycles. The fourth-order valence-corrected chi connectivity index (χ4v) is 2.92. The van der Waals surface area contributed by atoms with Gasteiger partial charge in [-0.15, -0.1) is 15.3 Å². The fourth-order valence-electron chi connectivity index (χ4n) is 2.41. The predicted octanol–water partition coefficient (Wildman–Crippen LogP) is 2.51. The third-order valence-corrected chi connectivity index (χ3v) is 4.65. The van der Waals surface area contributed by atoms with E-state index in [0.717, 1.165) is 5.56 Å². The van der Waals surface area contributed by atoms with Crippen molar-refractivity contribution in [1.29, 1.82) is 0 Å². The van der Waals surface area contributed by atoms with E-state index in [0.29, 0.717) is 27.2 Å². The molecule has 0 spiro atoms. The van der Waals surface area contributed by atoms with Crippen LogP contribution in [0.5, 0.6) is 0 Å². The fraction of sp³-hybridized carbons (Fsp3) is 0.133. The van der Waals surface area contributed by atoms with Gasteiger partial charge in [0.25, 0.3) is 11.3 Å². The SMILES string of the molecule is CSc1nc2nnc3c(=O)n(-c4ccc(C)c(Cl)c4)ccc3n2n1. The van der Waals surface area contributed by atoms with Gasteiger partial charge in [0.15, 0.2) is 5.52 Å². The molecule has 4 rings (SSSR count). The maximum atomic E-state index is 12.8. The summed E-state index contributed by atoms with van der Waals surface area (Å²) in [4.78, 5) is 17.0. The molecule has 0 saturated carbocycles. The molecule has 0 unspecified atom stereocenters. The molecule has 24 heavy (non-hydrogen) atoms. The number of halogens is 1. The number of hydrogen-bond donors (Lipinski definition) is 0. The minimum Gasteiger partial charge on any atom is -0.282 e. The first-order valence-electron chi connectivity index (χ1n) is 7.04. The third kappa shape index (κ3) is 2.26. The van der Waals surface area contributed by atoms with Gasteiger partial charge < -0.3 is 0 Å². The van der Waals surface area contributed by atoms with Crippen molar-refractivity contribution in [2.45, 2.75) is 12.1 Å². The van der Waals surface area contributed by atoms with E-state index in [4.69, 9.17) is 11.6 Å². The number of pyridine rings is 1. The first-order chi connectivity index (χ1) is 11.6. The van der Waals surface area contributed by atoms with Crippen molar-refractivity contribution >= 4 is 40.2 Å².